The molecule has 0 radical (unpaired) electrons. The summed E-state index contributed by atoms with van der Waals surface area (Å²) < 4.78 is 10.1. The standard InChI is InChI=1S/C14H12N2O6/c1-7(12(18)16-14(15)20)21-13(19)11-6-9(17)8-4-2-3-5-10(8)22-11/h2-7H,1H3,(H3,15,16,18,20)/t7-/m0/s1. The quantitative estimate of drug-likeness (QED) is 0.796. The Morgan fingerprint density at radius 3 is 2.64 bits per heavy atom. The van der Waals surface area contributed by atoms with Crippen LogP contribution in [0.25, 0.3) is 11.0 Å². The minimum atomic E-state index is -1.28. The molecule has 0 fully saturated rings. The van der Waals surface area contributed by atoms with Gasteiger partial charge in [-0.05, 0) is 19.1 Å². The SMILES string of the molecule is C[C@H](OC(=O)c1cc(=O)c2ccccc2o1)C(=O)NC(N)=O. The summed E-state index contributed by atoms with van der Waals surface area (Å²) in [5.41, 5.74) is 4.59. The van der Waals surface area contributed by atoms with E-state index < -0.39 is 29.4 Å². The maximum atomic E-state index is 11.9. The lowest BCUT2D eigenvalue weighted by Crippen LogP contribution is -2.42. The first-order valence-electron chi connectivity index (χ1n) is 6.22. The highest BCUT2D eigenvalue weighted by Gasteiger charge is 2.22. The lowest BCUT2D eigenvalue weighted by Gasteiger charge is -2.11. The van der Waals surface area contributed by atoms with Crippen LogP contribution in [-0.2, 0) is 9.53 Å². The summed E-state index contributed by atoms with van der Waals surface area (Å²) in [6.45, 7) is 1.25. The first-order chi connectivity index (χ1) is 10.4. The van der Waals surface area contributed by atoms with Gasteiger partial charge in [0.2, 0.25) is 5.76 Å². The largest absolute Gasteiger partial charge is 0.449 e. The Balaban J connectivity index is 2.21. The first kappa shape index (κ1) is 15.2. The number of fused-ring (bicyclic) bond motifs is 1. The molecule has 2 rings (SSSR count). The van der Waals surface area contributed by atoms with Crippen molar-refractivity contribution in [3.8, 4) is 0 Å². The van der Waals surface area contributed by atoms with E-state index in [0.29, 0.717) is 5.39 Å². The Kier molecular flexibility index (Phi) is 4.21. The monoisotopic (exact) mass is 304 g/mol. The lowest BCUT2D eigenvalue weighted by molar-refractivity contribution is -0.127. The number of carbonyl (C=O) groups is 3. The summed E-state index contributed by atoms with van der Waals surface area (Å²) >= 11 is 0. The maximum absolute atomic E-state index is 11.9. The second kappa shape index (κ2) is 6.08. The zero-order valence-corrected chi connectivity index (χ0v) is 11.5. The van der Waals surface area contributed by atoms with Gasteiger partial charge in [0.05, 0.1) is 5.39 Å². The molecule has 0 bridgehead atoms. The fourth-order valence-electron chi connectivity index (χ4n) is 1.70. The van der Waals surface area contributed by atoms with Crippen LogP contribution in [0.2, 0.25) is 0 Å². The summed E-state index contributed by atoms with van der Waals surface area (Å²) in [6.07, 6.45) is -1.28. The molecule has 1 aromatic heterocycles. The second-order valence-electron chi connectivity index (χ2n) is 4.37. The molecule has 0 unspecified atom stereocenters. The number of primary amides is 1. The Hall–Kier alpha value is -3.16. The molecular formula is C14H12N2O6. The lowest BCUT2D eigenvalue weighted by atomic mass is 10.2. The van der Waals surface area contributed by atoms with Crippen LogP contribution in [0.3, 0.4) is 0 Å². The molecule has 8 nitrogen and oxygen atoms in total. The van der Waals surface area contributed by atoms with E-state index in [0.717, 1.165) is 6.07 Å². The van der Waals surface area contributed by atoms with E-state index in [-0.39, 0.29) is 11.3 Å². The number of carbonyl (C=O) groups excluding carboxylic acids is 3. The van der Waals surface area contributed by atoms with Crippen molar-refractivity contribution in [1.82, 2.24) is 5.32 Å². The molecule has 0 saturated carbocycles. The molecule has 1 heterocycles. The van der Waals surface area contributed by atoms with Crippen molar-refractivity contribution in [1.29, 1.82) is 0 Å². The van der Waals surface area contributed by atoms with E-state index >= 15 is 0 Å². The summed E-state index contributed by atoms with van der Waals surface area (Å²) in [5, 5.41) is 2.09. The van der Waals surface area contributed by atoms with Crippen molar-refractivity contribution in [3.63, 3.8) is 0 Å². The molecule has 0 aliphatic rings. The van der Waals surface area contributed by atoms with Crippen molar-refractivity contribution in [2.45, 2.75) is 13.0 Å². The van der Waals surface area contributed by atoms with E-state index in [2.05, 4.69) is 0 Å². The maximum Gasteiger partial charge on any atom is 0.375 e. The Morgan fingerprint density at radius 1 is 1.27 bits per heavy atom. The third kappa shape index (κ3) is 3.29. The molecule has 0 spiro atoms. The van der Waals surface area contributed by atoms with Crippen molar-refractivity contribution in [3.05, 3.63) is 46.3 Å². The second-order valence-corrected chi connectivity index (χ2v) is 4.37. The zero-order valence-electron chi connectivity index (χ0n) is 11.5. The predicted molar refractivity (Wildman–Crippen MR) is 75.1 cm³/mol. The molecule has 22 heavy (non-hydrogen) atoms. The number of nitrogens with two attached hydrogens (primary N) is 1. The van der Waals surface area contributed by atoms with Gasteiger partial charge in [0.25, 0.3) is 5.91 Å². The molecule has 2 aromatic rings. The van der Waals surface area contributed by atoms with Crippen LogP contribution in [0.4, 0.5) is 4.79 Å². The van der Waals surface area contributed by atoms with Crippen LogP contribution in [-0.4, -0.2) is 24.0 Å². The number of ether oxygens (including phenoxy) is 1. The van der Waals surface area contributed by atoms with E-state index in [1.54, 1.807) is 23.5 Å². The van der Waals surface area contributed by atoms with Gasteiger partial charge in [0.15, 0.2) is 11.5 Å². The number of esters is 1. The minimum Gasteiger partial charge on any atom is -0.449 e. The highest BCUT2D eigenvalue weighted by molar-refractivity contribution is 5.97. The molecule has 0 saturated heterocycles. The number of nitrogens with one attached hydrogen (secondary N) is 1. The molecule has 1 atom stereocenters. The van der Waals surface area contributed by atoms with E-state index in [1.807, 2.05) is 0 Å². The Labute approximate surface area is 123 Å². The number of rotatable bonds is 3. The number of urea groups is 1. The van der Waals surface area contributed by atoms with Crippen molar-refractivity contribution < 1.29 is 23.5 Å². The summed E-state index contributed by atoms with van der Waals surface area (Å²) in [6, 6.07) is 6.29. The molecule has 114 valence electrons. The number of para-hydroxylation sites is 1. The smallest absolute Gasteiger partial charge is 0.375 e. The summed E-state index contributed by atoms with van der Waals surface area (Å²) in [4.78, 5) is 45.7. The van der Waals surface area contributed by atoms with Crippen LogP contribution in [0.1, 0.15) is 17.5 Å². The van der Waals surface area contributed by atoms with Gasteiger partial charge in [-0.3, -0.25) is 14.9 Å². The van der Waals surface area contributed by atoms with Gasteiger partial charge in [-0.1, -0.05) is 12.1 Å². The third-order valence-electron chi connectivity index (χ3n) is 2.74. The van der Waals surface area contributed by atoms with Crippen LogP contribution in [0, 0.1) is 0 Å². The van der Waals surface area contributed by atoms with E-state index in [4.69, 9.17) is 14.9 Å². The minimum absolute atomic E-state index is 0.219. The van der Waals surface area contributed by atoms with Crippen LogP contribution >= 0.6 is 0 Å². The van der Waals surface area contributed by atoms with E-state index in [9.17, 15) is 19.2 Å². The van der Waals surface area contributed by atoms with Crippen molar-refractivity contribution in [2.75, 3.05) is 0 Å². The average Bonchev–Trinajstić information content (AvgIpc) is 2.46. The van der Waals surface area contributed by atoms with Gasteiger partial charge in [-0.25, -0.2) is 9.59 Å². The molecule has 1 aromatic carbocycles. The van der Waals surface area contributed by atoms with Crippen LogP contribution < -0.4 is 16.5 Å². The number of imide groups is 1. The van der Waals surface area contributed by atoms with E-state index in [1.165, 1.54) is 13.0 Å². The fourth-order valence-corrected chi connectivity index (χ4v) is 1.70. The highest BCUT2D eigenvalue weighted by Crippen LogP contribution is 2.13. The molecule has 8 heteroatoms. The van der Waals surface area contributed by atoms with Gasteiger partial charge in [-0.2, -0.15) is 0 Å². The predicted octanol–water partition coefficient (Wildman–Crippen LogP) is 0.533. The molecule has 0 aliphatic heterocycles. The average molecular weight is 304 g/mol. The number of benzene rings is 1. The first-order valence-corrected chi connectivity index (χ1v) is 6.22. The topological polar surface area (TPSA) is 129 Å². The van der Waals surface area contributed by atoms with Gasteiger partial charge < -0.3 is 14.9 Å². The highest BCUT2D eigenvalue weighted by atomic mass is 16.6. The van der Waals surface area contributed by atoms with Gasteiger partial charge >= 0.3 is 12.0 Å². The summed E-state index contributed by atoms with van der Waals surface area (Å²) in [7, 11) is 0. The van der Waals surface area contributed by atoms with Gasteiger partial charge in [0, 0.05) is 6.07 Å². The number of hydrogen-bond donors (Lipinski definition) is 2. The normalized spacial score (nSPS) is 11.7. The molecule has 3 N–H and O–H groups in total. The van der Waals surface area contributed by atoms with Crippen LogP contribution in [0.5, 0.6) is 0 Å². The van der Waals surface area contributed by atoms with Gasteiger partial charge in [0.1, 0.15) is 5.58 Å². The van der Waals surface area contributed by atoms with Crippen LogP contribution in [0.15, 0.2) is 39.5 Å². The number of amides is 3. The molecular weight excluding hydrogens is 292 g/mol. The summed E-state index contributed by atoms with van der Waals surface area (Å²) in [5.74, 6) is -2.23. The van der Waals surface area contributed by atoms with Crippen molar-refractivity contribution >= 4 is 28.9 Å². The van der Waals surface area contributed by atoms with Crippen molar-refractivity contribution in [2.24, 2.45) is 5.73 Å². The Morgan fingerprint density at radius 2 is 1.95 bits per heavy atom. The zero-order chi connectivity index (χ0) is 16.3. The number of hydrogen-bond acceptors (Lipinski definition) is 6. The molecule has 0 aliphatic carbocycles. The fraction of sp³-hybridized carbons (Fsp3) is 0.143. The molecule has 3 amide bonds. The third-order valence-corrected chi connectivity index (χ3v) is 2.74. The van der Waals surface area contributed by atoms with Gasteiger partial charge in [-0.15, -0.1) is 0 Å². The Bertz CT molecular complexity index is 810.